The van der Waals surface area contributed by atoms with E-state index in [1.165, 1.54) is 0 Å². The van der Waals surface area contributed by atoms with Crippen molar-refractivity contribution in [2.45, 2.75) is 51.5 Å². The molecule has 10 heteroatoms. The van der Waals surface area contributed by atoms with Crippen LogP contribution < -0.4 is 24.4 Å². The molecule has 0 amide bonds. The van der Waals surface area contributed by atoms with Gasteiger partial charge in [-0.2, -0.15) is 4.98 Å². The number of nitrogens with one attached hydrogen (secondary N) is 1. The average molecular weight is 493 g/mol. The lowest BCUT2D eigenvalue weighted by Crippen LogP contribution is -2.36. The van der Waals surface area contributed by atoms with Crippen molar-refractivity contribution in [1.82, 2.24) is 19.5 Å². The monoisotopic (exact) mass is 492 g/mol. The van der Waals surface area contributed by atoms with E-state index in [0.717, 1.165) is 67.8 Å². The van der Waals surface area contributed by atoms with Gasteiger partial charge >= 0.3 is 0 Å². The lowest BCUT2D eigenvalue weighted by molar-refractivity contribution is -0.118. The van der Waals surface area contributed by atoms with Crippen LogP contribution in [0.3, 0.4) is 0 Å². The number of Topliss-reactive ketones (excluding diaryl/α,β-unsaturated/α-hetero) is 1. The third-order valence-corrected chi connectivity index (χ3v) is 6.93. The van der Waals surface area contributed by atoms with Crippen molar-refractivity contribution in [3.05, 3.63) is 35.9 Å². The topological polar surface area (TPSA) is 104 Å². The number of ketones is 1. The Balaban J connectivity index is 1.48. The largest absolute Gasteiger partial charge is 0.493 e. The molecular weight excluding hydrogens is 460 g/mol. The van der Waals surface area contributed by atoms with Crippen molar-refractivity contribution in [2.24, 2.45) is 0 Å². The van der Waals surface area contributed by atoms with Crippen molar-refractivity contribution < 1.29 is 19.0 Å². The zero-order chi connectivity index (χ0) is 25.2. The summed E-state index contributed by atoms with van der Waals surface area (Å²) in [5.41, 5.74) is 3.01. The molecule has 3 heterocycles. The molecular formula is C26H32N6O4. The van der Waals surface area contributed by atoms with Crippen molar-refractivity contribution in [3.8, 4) is 22.9 Å². The van der Waals surface area contributed by atoms with E-state index >= 15 is 0 Å². The summed E-state index contributed by atoms with van der Waals surface area (Å²) in [5.74, 6) is 3.87. The molecule has 1 aliphatic heterocycles. The Hall–Kier alpha value is -3.82. The summed E-state index contributed by atoms with van der Waals surface area (Å²) in [6.07, 6.45) is 9.47. The quantitative estimate of drug-likeness (QED) is 0.502. The molecule has 0 spiro atoms. The predicted molar refractivity (Wildman–Crippen MR) is 136 cm³/mol. The normalized spacial score (nSPS) is 17.0. The number of aromatic nitrogens is 4. The lowest BCUT2D eigenvalue weighted by Gasteiger charge is -2.26. The minimum Gasteiger partial charge on any atom is -0.493 e. The van der Waals surface area contributed by atoms with Gasteiger partial charge in [-0.1, -0.05) is 0 Å². The van der Waals surface area contributed by atoms with E-state index < -0.39 is 0 Å². The molecule has 190 valence electrons. The number of imidazole rings is 1. The summed E-state index contributed by atoms with van der Waals surface area (Å²) in [5, 5.41) is 3.43. The van der Waals surface area contributed by atoms with Crippen molar-refractivity contribution >= 4 is 23.4 Å². The van der Waals surface area contributed by atoms with Gasteiger partial charge in [-0.25, -0.2) is 9.97 Å². The molecule has 1 aliphatic carbocycles. The first-order chi connectivity index (χ1) is 17.5. The highest BCUT2D eigenvalue weighted by atomic mass is 16.5. The molecule has 0 unspecified atom stereocenters. The molecule has 1 aromatic carbocycles. The van der Waals surface area contributed by atoms with E-state index in [2.05, 4.69) is 15.2 Å². The molecule has 0 bridgehead atoms. The number of carbonyl (C=O) groups is 1. The maximum Gasteiger partial charge on any atom is 0.228 e. The molecule has 2 aliphatic rings. The zero-order valence-corrected chi connectivity index (χ0v) is 21.2. The van der Waals surface area contributed by atoms with Gasteiger partial charge in [-0.3, -0.25) is 4.79 Å². The number of carbonyl (C=O) groups excluding carboxylic acids is 1. The Labute approximate surface area is 210 Å². The Morgan fingerprint density at radius 2 is 1.78 bits per heavy atom. The first-order valence-corrected chi connectivity index (χ1v) is 12.3. The first-order valence-electron chi connectivity index (χ1n) is 12.3. The van der Waals surface area contributed by atoms with Crippen LogP contribution in [0.5, 0.6) is 17.2 Å². The molecule has 36 heavy (non-hydrogen) atoms. The number of aryl methyl sites for hydroxylation is 1. The van der Waals surface area contributed by atoms with Gasteiger partial charge in [0.15, 0.2) is 17.3 Å². The van der Waals surface area contributed by atoms with Crippen molar-refractivity contribution in [1.29, 1.82) is 0 Å². The van der Waals surface area contributed by atoms with Crippen LogP contribution in [0, 0.1) is 0 Å². The van der Waals surface area contributed by atoms with Crippen LogP contribution in [-0.2, 0) is 17.6 Å². The van der Waals surface area contributed by atoms with Crippen LogP contribution >= 0.6 is 0 Å². The third-order valence-electron chi connectivity index (χ3n) is 6.93. The second kappa shape index (κ2) is 10.0. The number of nitrogens with zero attached hydrogens (tertiary/aromatic N) is 5. The first kappa shape index (κ1) is 23.9. The summed E-state index contributed by atoms with van der Waals surface area (Å²) in [6.45, 7) is 2.44. The fourth-order valence-electron chi connectivity index (χ4n) is 5.11. The van der Waals surface area contributed by atoms with Crippen LogP contribution in [-0.4, -0.2) is 59.2 Å². The van der Waals surface area contributed by atoms with Gasteiger partial charge in [0.2, 0.25) is 11.7 Å². The molecule has 0 radical (unpaired) electrons. The minimum absolute atomic E-state index is 0.154. The SMILES string of the molecule is COc1cc(-n2cnc(Nc3nc(N4CCC[C@@H]4C(C)=O)nc4c3CCCC4)c2)cc(OC)c1OC. The molecule has 1 fully saturated rings. The van der Waals surface area contributed by atoms with Crippen LogP contribution in [0.2, 0.25) is 0 Å². The standard InChI is InChI=1S/C26H32N6O4/c1-16(33)20-10-7-11-32(20)26-28-19-9-6-5-8-18(19)25(30-26)29-23-14-31(15-27-23)17-12-21(34-2)24(36-4)22(13-17)35-3/h12-15,20H,5-11H2,1-4H3,(H,28,29,30)/t20-/m1/s1. The van der Waals surface area contributed by atoms with Crippen LogP contribution in [0.25, 0.3) is 5.69 Å². The van der Waals surface area contributed by atoms with Crippen LogP contribution in [0.15, 0.2) is 24.7 Å². The maximum absolute atomic E-state index is 12.2. The number of benzene rings is 1. The van der Waals surface area contributed by atoms with Crippen LogP contribution in [0.1, 0.15) is 43.9 Å². The van der Waals surface area contributed by atoms with E-state index in [9.17, 15) is 4.79 Å². The fraction of sp³-hybridized carbons (Fsp3) is 0.462. The van der Waals surface area contributed by atoms with E-state index in [0.29, 0.717) is 29.0 Å². The molecule has 1 saturated heterocycles. The second-order valence-corrected chi connectivity index (χ2v) is 9.14. The van der Waals surface area contributed by atoms with Gasteiger partial charge in [0.05, 0.1) is 44.9 Å². The average Bonchev–Trinajstić information content (AvgIpc) is 3.58. The maximum atomic E-state index is 12.2. The summed E-state index contributed by atoms with van der Waals surface area (Å²) in [7, 11) is 4.76. The van der Waals surface area contributed by atoms with Gasteiger partial charge in [0, 0.05) is 24.2 Å². The number of fused-ring (bicyclic) bond motifs is 1. The fourth-order valence-corrected chi connectivity index (χ4v) is 5.11. The Bertz CT molecular complexity index is 1250. The summed E-state index contributed by atoms with van der Waals surface area (Å²) < 4.78 is 18.3. The van der Waals surface area contributed by atoms with Gasteiger partial charge in [0.25, 0.3) is 0 Å². The summed E-state index contributed by atoms with van der Waals surface area (Å²) in [4.78, 5) is 28.6. The highest BCUT2D eigenvalue weighted by molar-refractivity contribution is 5.85. The Kier molecular flexibility index (Phi) is 6.67. The van der Waals surface area contributed by atoms with E-state index in [1.807, 2.05) is 22.9 Å². The van der Waals surface area contributed by atoms with Gasteiger partial charge in [0.1, 0.15) is 18.0 Å². The zero-order valence-electron chi connectivity index (χ0n) is 21.2. The second-order valence-electron chi connectivity index (χ2n) is 9.14. The summed E-state index contributed by atoms with van der Waals surface area (Å²) >= 11 is 0. The highest BCUT2D eigenvalue weighted by Gasteiger charge is 2.31. The van der Waals surface area contributed by atoms with E-state index in [4.69, 9.17) is 24.2 Å². The number of rotatable bonds is 8. The Morgan fingerprint density at radius 3 is 2.47 bits per heavy atom. The minimum atomic E-state index is -0.154. The lowest BCUT2D eigenvalue weighted by atomic mass is 9.96. The van der Waals surface area contributed by atoms with Crippen molar-refractivity contribution in [2.75, 3.05) is 38.1 Å². The highest BCUT2D eigenvalue weighted by Crippen LogP contribution is 2.39. The van der Waals surface area contributed by atoms with Gasteiger partial charge in [-0.05, 0) is 45.4 Å². The molecule has 1 N–H and O–H groups in total. The summed E-state index contributed by atoms with van der Waals surface area (Å²) in [6, 6.07) is 3.58. The number of ether oxygens (including phenoxy) is 3. The smallest absolute Gasteiger partial charge is 0.228 e. The molecule has 1 atom stereocenters. The van der Waals surface area contributed by atoms with Gasteiger partial charge < -0.3 is 29.0 Å². The van der Waals surface area contributed by atoms with Crippen LogP contribution in [0.4, 0.5) is 17.6 Å². The number of hydrogen-bond donors (Lipinski definition) is 1. The third kappa shape index (κ3) is 4.43. The van der Waals surface area contributed by atoms with Gasteiger partial charge in [-0.15, -0.1) is 0 Å². The van der Waals surface area contributed by atoms with E-state index in [-0.39, 0.29) is 11.8 Å². The molecule has 0 saturated carbocycles. The number of hydrogen-bond acceptors (Lipinski definition) is 9. The van der Waals surface area contributed by atoms with E-state index in [1.54, 1.807) is 34.6 Å². The molecule has 2 aromatic heterocycles. The number of anilines is 3. The molecule has 10 nitrogen and oxygen atoms in total. The molecule has 5 rings (SSSR count). The number of methoxy groups -OCH3 is 3. The Morgan fingerprint density at radius 1 is 1.03 bits per heavy atom. The predicted octanol–water partition coefficient (Wildman–Crippen LogP) is 3.87. The molecule has 3 aromatic rings. The van der Waals surface area contributed by atoms with Crippen molar-refractivity contribution in [3.63, 3.8) is 0 Å².